The Hall–Kier alpha value is -0.740. The predicted octanol–water partition coefficient (Wildman–Crippen LogP) is 3.23. The van der Waals surface area contributed by atoms with Gasteiger partial charge in [0.25, 0.3) is 0 Å². The maximum atomic E-state index is 9.93. The minimum Gasteiger partial charge on any atom is -0.150 e. The normalized spacial score (nSPS) is 10.5. The summed E-state index contributed by atoms with van der Waals surface area (Å²) in [5, 5.41) is 4.90. The smallest absolute Gasteiger partial charge is 0.115 e. The predicted molar refractivity (Wildman–Crippen MR) is 49.2 cm³/mol. The summed E-state index contributed by atoms with van der Waals surface area (Å²) in [6.07, 6.45) is 0. The molecule has 0 N–H and O–H groups in total. The van der Waals surface area contributed by atoms with Gasteiger partial charge in [-0.15, -0.1) is 22.7 Å². The average molecular weight is 183 g/mol. The van der Waals surface area contributed by atoms with Gasteiger partial charge in [-0.25, -0.2) is 0 Å². The van der Waals surface area contributed by atoms with Gasteiger partial charge in [-0.2, -0.15) is 4.91 Å². The molecule has 0 bridgehead atoms. The summed E-state index contributed by atoms with van der Waals surface area (Å²) in [5.74, 6) is 0. The van der Waals surface area contributed by atoms with Gasteiger partial charge in [-0.05, 0) is 17.5 Å². The molecule has 4 heteroatoms. The molecule has 0 aliphatic rings. The molecule has 0 amide bonds. The third kappa shape index (κ3) is 1.19. The lowest BCUT2D eigenvalue weighted by molar-refractivity contribution is 1.09. The van der Waals surface area contributed by atoms with Gasteiger partial charge in [0, 0.05) is 14.3 Å². The summed E-state index contributed by atoms with van der Waals surface area (Å²) in [4.78, 5) is 11.0. The van der Waals surface area contributed by atoms with Crippen LogP contribution in [-0.2, 0) is 6.54 Å². The second-order valence-electron chi connectivity index (χ2n) is 2.15. The molecule has 2 aromatic heterocycles. The van der Waals surface area contributed by atoms with Crippen molar-refractivity contribution >= 4 is 32.1 Å². The van der Waals surface area contributed by atoms with E-state index in [0.29, 0.717) is 6.54 Å². The Bertz CT molecular complexity index is 348. The van der Waals surface area contributed by atoms with Gasteiger partial charge in [-0.1, -0.05) is 5.18 Å². The van der Waals surface area contributed by atoms with Crippen LogP contribution < -0.4 is 0 Å². The van der Waals surface area contributed by atoms with E-state index in [9.17, 15) is 4.91 Å². The van der Waals surface area contributed by atoms with E-state index in [2.05, 4.69) is 16.6 Å². The van der Waals surface area contributed by atoms with Gasteiger partial charge in [0.2, 0.25) is 0 Å². The van der Waals surface area contributed by atoms with Gasteiger partial charge in [0.05, 0.1) is 0 Å². The number of nitroso groups, excluding NO2 is 1. The first kappa shape index (κ1) is 6.94. The Morgan fingerprint density at radius 1 is 1.45 bits per heavy atom. The SMILES string of the molecule is O=NCc1cc2sccc2s1. The van der Waals surface area contributed by atoms with Gasteiger partial charge >= 0.3 is 0 Å². The fraction of sp³-hybridized carbons (Fsp3) is 0.143. The molecule has 2 aromatic rings. The Labute approximate surface area is 71.5 Å². The van der Waals surface area contributed by atoms with Crippen LogP contribution in [0.5, 0.6) is 0 Å². The van der Waals surface area contributed by atoms with E-state index in [1.165, 1.54) is 9.40 Å². The minimum absolute atomic E-state index is 0.312. The van der Waals surface area contributed by atoms with E-state index in [1.807, 2.05) is 6.07 Å². The molecule has 0 aliphatic heterocycles. The maximum absolute atomic E-state index is 9.93. The van der Waals surface area contributed by atoms with Crippen LogP contribution in [0.25, 0.3) is 9.40 Å². The number of fused-ring (bicyclic) bond motifs is 1. The van der Waals surface area contributed by atoms with Gasteiger partial charge in [-0.3, -0.25) is 0 Å². The molecule has 0 saturated carbocycles. The van der Waals surface area contributed by atoms with Crippen LogP contribution in [0.1, 0.15) is 4.88 Å². The minimum atomic E-state index is 0.312. The molecule has 0 fully saturated rings. The summed E-state index contributed by atoms with van der Waals surface area (Å²) < 4.78 is 2.52. The van der Waals surface area contributed by atoms with Crippen LogP contribution in [0.15, 0.2) is 22.7 Å². The first-order chi connectivity index (χ1) is 5.40. The zero-order valence-corrected chi connectivity index (χ0v) is 7.24. The van der Waals surface area contributed by atoms with Crippen LogP contribution in [0.2, 0.25) is 0 Å². The lowest BCUT2D eigenvalue weighted by atomic mass is 10.4. The molecular weight excluding hydrogens is 178 g/mol. The first-order valence-corrected chi connectivity index (χ1v) is 4.85. The van der Waals surface area contributed by atoms with Crippen molar-refractivity contribution in [3.8, 4) is 0 Å². The van der Waals surface area contributed by atoms with E-state index in [0.717, 1.165) is 4.88 Å². The molecular formula is C7H5NOS2. The molecule has 0 unspecified atom stereocenters. The monoisotopic (exact) mass is 183 g/mol. The zero-order chi connectivity index (χ0) is 7.68. The third-order valence-corrected chi connectivity index (χ3v) is 3.49. The van der Waals surface area contributed by atoms with E-state index >= 15 is 0 Å². The Kier molecular flexibility index (Phi) is 1.71. The topological polar surface area (TPSA) is 29.4 Å². The van der Waals surface area contributed by atoms with Gasteiger partial charge < -0.3 is 0 Å². The fourth-order valence-corrected chi connectivity index (χ4v) is 3.00. The zero-order valence-electron chi connectivity index (χ0n) is 5.61. The number of thiophene rings is 2. The van der Waals surface area contributed by atoms with E-state index < -0.39 is 0 Å². The fourth-order valence-electron chi connectivity index (χ4n) is 0.957. The Balaban J connectivity index is 2.49. The molecule has 0 saturated heterocycles. The highest BCUT2D eigenvalue weighted by Crippen LogP contribution is 2.30. The average Bonchev–Trinajstić information content (AvgIpc) is 2.46. The summed E-state index contributed by atoms with van der Waals surface area (Å²) in [6.45, 7) is 0.312. The Morgan fingerprint density at radius 3 is 3.09 bits per heavy atom. The molecule has 0 atom stereocenters. The number of rotatable bonds is 2. The van der Waals surface area contributed by atoms with Crippen LogP contribution in [0.3, 0.4) is 0 Å². The molecule has 2 heterocycles. The first-order valence-electron chi connectivity index (χ1n) is 3.15. The second-order valence-corrected chi connectivity index (χ2v) is 4.27. The quantitative estimate of drug-likeness (QED) is 0.657. The van der Waals surface area contributed by atoms with Crippen molar-refractivity contribution in [2.45, 2.75) is 6.54 Å². The molecule has 0 radical (unpaired) electrons. The van der Waals surface area contributed by atoms with Crippen molar-refractivity contribution in [3.05, 3.63) is 27.3 Å². The lowest BCUT2D eigenvalue weighted by Crippen LogP contribution is -1.67. The van der Waals surface area contributed by atoms with E-state index in [4.69, 9.17) is 0 Å². The second kappa shape index (κ2) is 2.71. The van der Waals surface area contributed by atoms with Crippen molar-refractivity contribution in [1.29, 1.82) is 0 Å². The van der Waals surface area contributed by atoms with Crippen molar-refractivity contribution in [1.82, 2.24) is 0 Å². The summed E-state index contributed by atoms with van der Waals surface area (Å²) >= 11 is 3.35. The summed E-state index contributed by atoms with van der Waals surface area (Å²) in [6, 6.07) is 4.10. The molecule has 2 rings (SSSR count). The molecule has 0 aromatic carbocycles. The van der Waals surface area contributed by atoms with Crippen LogP contribution in [-0.4, -0.2) is 0 Å². The van der Waals surface area contributed by atoms with Crippen molar-refractivity contribution in [3.63, 3.8) is 0 Å². The van der Waals surface area contributed by atoms with Gasteiger partial charge in [0.15, 0.2) is 0 Å². The molecule has 11 heavy (non-hydrogen) atoms. The van der Waals surface area contributed by atoms with Crippen LogP contribution in [0, 0.1) is 4.91 Å². The van der Waals surface area contributed by atoms with E-state index in [1.54, 1.807) is 22.7 Å². The summed E-state index contributed by atoms with van der Waals surface area (Å²) in [7, 11) is 0. The molecule has 2 nitrogen and oxygen atoms in total. The maximum Gasteiger partial charge on any atom is 0.115 e. The highest BCUT2D eigenvalue weighted by atomic mass is 32.1. The number of hydrogen-bond donors (Lipinski definition) is 0. The van der Waals surface area contributed by atoms with Crippen LogP contribution in [0.4, 0.5) is 0 Å². The van der Waals surface area contributed by atoms with Gasteiger partial charge in [0.1, 0.15) is 6.54 Å². The Morgan fingerprint density at radius 2 is 2.36 bits per heavy atom. The standard InChI is InChI=1S/C7H5NOS2/c9-8-4-5-3-7-6(11-5)1-2-10-7/h1-3H,4H2. The lowest BCUT2D eigenvalue weighted by Gasteiger charge is -1.79. The van der Waals surface area contributed by atoms with Crippen LogP contribution >= 0.6 is 22.7 Å². The van der Waals surface area contributed by atoms with Crippen molar-refractivity contribution < 1.29 is 0 Å². The molecule has 56 valence electrons. The number of nitrogens with zero attached hydrogens (tertiary/aromatic N) is 1. The highest BCUT2D eigenvalue weighted by Gasteiger charge is 2.01. The van der Waals surface area contributed by atoms with E-state index in [-0.39, 0.29) is 0 Å². The third-order valence-electron chi connectivity index (χ3n) is 1.41. The molecule has 0 aliphatic carbocycles. The molecule has 0 spiro atoms. The highest BCUT2D eigenvalue weighted by molar-refractivity contribution is 7.26. The van der Waals surface area contributed by atoms with Crippen molar-refractivity contribution in [2.75, 3.05) is 0 Å². The summed E-state index contributed by atoms with van der Waals surface area (Å²) in [5.41, 5.74) is 0. The van der Waals surface area contributed by atoms with Crippen molar-refractivity contribution in [2.24, 2.45) is 5.18 Å². The largest absolute Gasteiger partial charge is 0.150 e. The number of hydrogen-bond acceptors (Lipinski definition) is 4.